The van der Waals surface area contributed by atoms with Gasteiger partial charge in [-0.2, -0.15) is 15.2 Å². The second kappa shape index (κ2) is 18.4. The normalized spacial score (nSPS) is 10.9. The standard InChI is InChI=1S/C42H45N11O3/c1-51(24-29-14-16-36(54-3)17-15-29)27-34-21-40(50-42(45)48-34)53(35-11-7-12-37(22-35)55-4)28-56-38-13-6-10-32(19-38)46-39-20-33(47-41(44)49-39)26-52(2)25-31-9-5-8-30(18-31)23-43/h5-22H,24-28H2,1-4H3,(H2,45,48,50)(H3,44,46,47,49). The number of nitrogens with two attached hydrogens (primary N) is 2. The number of rotatable bonds is 17. The van der Waals surface area contributed by atoms with Gasteiger partial charge in [0, 0.05) is 61.8 Å². The number of hydrogen-bond acceptors (Lipinski definition) is 14. The Morgan fingerprint density at radius 3 is 2.04 bits per heavy atom. The molecular formula is C42H45N11O3. The van der Waals surface area contributed by atoms with Gasteiger partial charge in [0.2, 0.25) is 11.9 Å². The molecule has 6 aromatic rings. The maximum atomic E-state index is 9.26. The van der Waals surface area contributed by atoms with E-state index in [9.17, 15) is 5.26 Å². The lowest BCUT2D eigenvalue weighted by Gasteiger charge is -2.25. The summed E-state index contributed by atoms with van der Waals surface area (Å²) < 4.78 is 17.2. The third-order valence-electron chi connectivity index (χ3n) is 8.67. The molecule has 0 atom stereocenters. The first-order valence-corrected chi connectivity index (χ1v) is 17.8. The van der Waals surface area contributed by atoms with Crippen molar-refractivity contribution in [3.8, 4) is 23.3 Å². The number of nitrogens with zero attached hydrogens (tertiary/aromatic N) is 8. The van der Waals surface area contributed by atoms with E-state index in [1.807, 2.05) is 122 Å². The van der Waals surface area contributed by atoms with E-state index in [2.05, 4.69) is 41.1 Å². The molecule has 0 bridgehead atoms. The van der Waals surface area contributed by atoms with Crippen molar-refractivity contribution < 1.29 is 14.2 Å². The van der Waals surface area contributed by atoms with Gasteiger partial charge in [-0.05, 0) is 73.8 Å². The topological polar surface area (TPSA) is 177 Å². The number of nitrogen functional groups attached to an aromatic ring is 2. The van der Waals surface area contributed by atoms with Gasteiger partial charge >= 0.3 is 0 Å². The summed E-state index contributed by atoms with van der Waals surface area (Å²) in [6.45, 7) is 2.50. The highest BCUT2D eigenvalue weighted by Gasteiger charge is 2.17. The molecule has 0 spiro atoms. The number of anilines is 6. The summed E-state index contributed by atoms with van der Waals surface area (Å²) in [5.41, 5.74) is 18.3. The van der Waals surface area contributed by atoms with E-state index in [-0.39, 0.29) is 18.6 Å². The lowest BCUT2D eigenvalue weighted by Crippen LogP contribution is -2.25. The van der Waals surface area contributed by atoms with Crippen LogP contribution in [0.25, 0.3) is 0 Å². The number of methoxy groups -OCH3 is 2. The highest BCUT2D eigenvalue weighted by Crippen LogP contribution is 2.30. The molecule has 0 fully saturated rings. The highest BCUT2D eigenvalue weighted by atomic mass is 16.5. The third-order valence-corrected chi connectivity index (χ3v) is 8.67. The summed E-state index contributed by atoms with van der Waals surface area (Å²) in [4.78, 5) is 24.2. The highest BCUT2D eigenvalue weighted by molar-refractivity contribution is 5.63. The van der Waals surface area contributed by atoms with Crippen molar-refractivity contribution in [1.29, 1.82) is 5.26 Å². The minimum absolute atomic E-state index is 0.0996. The SMILES string of the molecule is COc1ccc(CN(C)Cc2cc(N(COc3cccc(Nc4cc(CN(C)Cc5cccc(C#N)c5)nc(N)n4)c3)c3cccc(OC)c3)nc(N)n2)cc1. The molecule has 2 aromatic heterocycles. The van der Waals surface area contributed by atoms with Gasteiger partial charge in [-0.15, -0.1) is 0 Å². The van der Waals surface area contributed by atoms with Crippen molar-refractivity contribution >= 4 is 34.9 Å². The minimum atomic E-state index is 0.0996. The van der Waals surface area contributed by atoms with Crippen LogP contribution in [-0.2, 0) is 26.2 Å². The van der Waals surface area contributed by atoms with Gasteiger partial charge in [0.05, 0.1) is 37.2 Å². The molecule has 6 rings (SSSR count). The Hall–Kier alpha value is -6.95. The van der Waals surface area contributed by atoms with E-state index < -0.39 is 0 Å². The predicted octanol–water partition coefficient (Wildman–Crippen LogP) is 6.50. The van der Waals surface area contributed by atoms with E-state index in [0.29, 0.717) is 54.9 Å². The summed E-state index contributed by atoms with van der Waals surface area (Å²) in [7, 11) is 7.30. The van der Waals surface area contributed by atoms with Crippen LogP contribution < -0.4 is 35.9 Å². The van der Waals surface area contributed by atoms with Gasteiger partial charge in [0.15, 0.2) is 6.73 Å². The predicted molar refractivity (Wildman–Crippen MR) is 218 cm³/mol. The number of nitrogens with one attached hydrogen (secondary N) is 1. The second-order valence-corrected chi connectivity index (χ2v) is 13.2. The molecule has 2 heterocycles. The lowest BCUT2D eigenvalue weighted by atomic mass is 10.1. The lowest BCUT2D eigenvalue weighted by molar-refractivity contribution is 0.314. The van der Waals surface area contributed by atoms with E-state index >= 15 is 0 Å². The summed E-state index contributed by atoms with van der Waals surface area (Å²) in [6, 6.07) is 36.7. The van der Waals surface area contributed by atoms with E-state index in [4.69, 9.17) is 25.7 Å². The van der Waals surface area contributed by atoms with Crippen molar-refractivity contribution in [3.05, 3.63) is 137 Å². The first-order chi connectivity index (χ1) is 27.2. The van der Waals surface area contributed by atoms with Crippen LogP contribution in [0.5, 0.6) is 17.2 Å². The summed E-state index contributed by atoms with van der Waals surface area (Å²) in [5, 5.41) is 12.6. The third kappa shape index (κ3) is 10.8. The number of benzene rings is 4. The van der Waals surface area contributed by atoms with Gasteiger partial charge in [-0.1, -0.05) is 36.4 Å². The van der Waals surface area contributed by atoms with Crippen LogP contribution in [-0.4, -0.2) is 64.8 Å². The fourth-order valence-electron chi connectivity index (χ4n) is 6.15. The van der Waals surface area contributed by atoms with Crippen molar-refractivity contribution in [1.82, 2.24) is 29.7 Å². The van der Waals surface area contributed by atoms with Crippen molar-refractivity contribution in [2.75, 3.05) is 56.7 Å². The second-order valence-electron chi connectivity index (χ2n) is 13.2. The molecule has 0 aliphatic carbocycles. The van der Waals surface area contributed by atoms with Gasteiger partial charge in [-0.3, -0.25) is 14.7 Å². The number of hydrogen-bond donors (Lipinski definition) is 3. The Kier molecular flexibility index (Phi) is 12.7. The zero-order chi connectivity index (χ0) is 39.4. The summed E-state index contributed by atoms with van der Waals surface area (Å²) >= 11 is 0. The monoisotopic (exact) mass is 751 g/mol. The van der Waals surface area contributed by atoms with Crippen LogP contribution in [0.2, 0.25) is 0 Å². The average Bonchev–Trinajstić information content (AvgIpc) is 3.18. The first kappa shape index (κ1) is 38.8. The molecule has 4 aromatic carbocycles. The van der Waals surface area contributed by atoms with Crippen LogP contribution in [0.1, 0.15) is 28.1 Å². The van der Waals surface area contributed by atoms with E-state index in [0.717, 1.165) is 39.6 Å². The molecule has 14 nitrogen and oxygen atoms in total. The van der Waals surface area contributed by atoms with Crippen LogP contribution in [0.3, 0.4) is 0 Å². The molecule has 5 N–H and O–H groups in total. The quantitative estimate of drug-likeness (QED) is 0.0861. The van der Waals surface area contributed by atoms with Gasteiger partial charge in [-0.25, -0.2) is 9.97 Å². The van der Waals surface area contributed by atoms with Crippen molar-refractivity contribution in [2.24, 2.45) is 0 Å². The van der Waals surface area contributed by atoms with Gasteiger partial charge < -0.3 is 31.0 Å². The van der Waals surface area contributed by atoms with Gasteiger partial charge in [0.25, 0.3) is 0 Å². The maximum absolute atomic E-state index is 9.26. The van der Waals surface area contributed by atoms with Gasteiger partial charge in [0.1, 0.15) is 28.9 Å². The molecule has 0 aliphatic heterocycles. The molecule has 0 radical (unpaired) electrons. The molecule has 0 amide bonds. The number of ether oxygens (including phenoxy) is 3. The van der Waals surface area contributed by atoms with Crippen molar-refractivity contribution in [2.45, 2.75) is 26.2 Å². The fourth-order valence-corrected chi connectivity index (χ4v) is 6.15. The Morgan fingerprint density at radius 2 is 1.30 bits per heavy atom. The zero-order valence-electron chi connectivity index (χ0n) is 31.9. The molecule has 286 valence electrons. The van der Waals surface area contributed by atoms with Crippen LogP contribution in [0.15, 0.2) is 109 Å². The molecule has 0 unspecified atom stereocenters. The molecule has 0 saturated heterocycles. The summed E-state index contributed by atoms with van der Waals surface area (Å²) in [6.07, 6.45) is 0. The molecule has 0 saturated carbocycles. The number of nitriles is 1. The van der Waals surface area contributed by atoms with Crippen LogP contribution in [0, 0.1) is 11.3 Å². The molecule has 56 heavy (non-hydrogen) atoms. The Morgan fingerprint density at radius 1 is 0.643 bits per heavy atom. The smallest absolute Gasteiger partial charge is 0.222 e. The Bertz CT molecular complexity index is 2280. The maximum Gasteiger partial charge on any atom is 0.222 e. The fraction of sp³-hybridized carbons (Fsp3) is 0.214. The van der Waals surface area contributed by atoms with Crippen LogP contribution in [0.4, 0.5) is 34.9 Å². The Balaban J connectivity index is 1.16. The zero-order valence-corrected chi connectivity index (χ0v) is 31.9. The largest absolute Gasteiger partial charge is 0.497 e. The summed E-state index contributed by atoms with van der Waals surface area (Å²) in [5.74, 6) is 3.52. The Labute approximate surface area is 326 Å². The molecular weight excluding hydrogens is 707 g/mol. The van der Waals surface area contributed by atoms with Crippen molar-refractivity contribution in [3.63, 3.8) is 0 Å². The minimum Gasteiger partial charge on any atom is -0.497 e. The molecule has 14 heteroatoms. The number of aromatic nitrogens is 4. The van der Waals surface area contributed by atoms with E-state index in [1.165, 1.54) is 0 Å². The average molecular weight is 752 g/mol. The molecule has 0 aliphatic rings. The first-order valence-electron chi connectivity index (χ1n) is 17.8. The van der Waals surface area contributed by atoms with E-state index in [1.54, 1.807) is 20.3 Å². The van der Waals surface area contributed by atoms with Crippen LogP contribution >= 0.6 is 0 Å².